The Kier molecular flexibility index (Phi) is 6.63. The molecular formula is C11H19N3O3S. The van der Waals surface area contributed by atoms with Crippen molar-refractivity contribution in [2.45, 2.75) is 20.0 Å². The van der Waals surface area contributed by atoms with Crippen LogP contribution in [-0.4, -0.2) is 42.0 Å². The van der Waals surface area contributed by atoms with Crippen LogP contribution in [0.1, 0.15) is 13.8 Å². The van der Waals surface area contributed by atoms with Crippen LogP contribution in [0.15, 0.2) is 11.6 Å². The van der Waals surface area contributed by atoms with E-state index in [4.69, 9.17) is 4.74 Å². The molecule has 0 aromatic carbocycles. The van der Waals surface area contributed by atoms with Gasteiger partial charge in [0.15, 0.2) is 5.13 Å². The second-order valence-electron chi connectivity index (χ2n) is 4.26. The van der Waals surface area contributed by atoms with Gasteiger partial charge in [-0.3, -0.25) is 5.32 Å². The molecule has 18 heavy (non-hydrogen) atoms. The first kappa shape index (κ1) is 14.9. The maximum Gasteiger partial charge on any atom is 0.321 e. The highest BCUT2D eigenvalue weighted by Gasteiger charge is 2.08. The summed E-state index contributed by atoms with van der Waals surface area (Å²) >= 11 is 1.33. The van der Waals surface area contributed by atoms with Crippen LogP contribution in [0, 0.1) is 5.92 Å². The SMILES string of the molecule is CC(C)COCC(O)CNC(=O)Nc1nccs1. The van der Waals surface area contributed by atoms with E-state index in [-0.39, 0.29) is 19.2 Å². The predicted octanol–water partition coefficient (Wildman–Crippen LogP) is 1.30. The summed E-state index contributed by atoms with van der Waals surface area (Å²) in [7, 11) is 0. The summed E-state index contributed by atoms with van der Waals surface area (Å²) in [6.45, 7) is 5.03. The number of anilines is 1. The molecule has 0 aliphatic carbocycles. The highest BCUT2D eigenvalue weighted by atomic mass is 32.1. The van der Waals surface area contributed by atoms with Crippen molar-refractivity contribution in [2.24, 2.45) is 5.92 Å². The Morgan fingerprint density at radius 2 is 2.33 bits per heavy atom. The van der Waals surface area contributed by atoms with Gasteiger partial charge in [-0.05, 0) is 5.92 Å². The van der Waals surface area contributed by atoms with Gasteiger partial charge in [0, 0.05) is 24.7 Å². The van der Waals surface area contributed by atoms with Crippen LogP contribution in [0.2, 0.25) is 0 Å². The number of ether oxygens (including phenoxy) is 1. The Morgan fingerprint density at radius 3 is 2.94 bits per heavy atom. The molecule has 1 rings (SSSR count). The molecule has 0 aliphatic rings. The van der Waals surface area contributed by atoms with Crippen molar-refractivity contribution in [2.75, 3.05) is 25.1 Å². The van der Waals surface area contributed by atoms with Crippen molar-refractivity contribution in [1.29, 1.82) is 0 Å². The molecule has 1 heterocycles. The Hall–Kier alpha value is -1.18. The van der Waals surface area contributed by atoms with E-state index in [2.05, 4.69) is 15.6 Å². The van der Waals surface area contributed by atoms with E-state index >= 15 is 0 Å². The third kappa shape index (κ3) is 6.53. The van der Waals surface area contributed by atoms with Crippen LogP contribution < -0.4 is 10.6 Å². The van der Waals surface area contributed by atoms with E-state index in [1.54, 1.807) is 11.6 Å². The molecule has 1 atom stereocenters. The standard InChI is InChI=1S/C11H19N3O3S/c1-8(2)6-17-7-9(15)5-13-10(16)14-11-12-3-4-18-11/h3-4,8-9,15H,5-7H2,1-2H3,(H2,12,13,14,16). The lowest BCUT2D eigenvalue weighted by molar-refractivity contribution is 0.0274. The number of aliphatic hydroxyl groups excluding tert-OH is 1. The van der Waals surface area contributed by atoms with Crippen LogP contribution in [0.5, 0.6) is 0 Å². The second-order valence-corrected chi connectivity index (χ2v) is 5.15. The summed E-state index contributed by atoms with van der Waals surface area (Å²) < 4.78 is 5.26. The molecule has 0 radical (unpaired) electrons. The van der Waals surface area contributed by atoms with E-state index in [9.17, 15) is 9.90 Å². The second kappa shape index (κ2) is 8.02. The van der Waals surface area contributed by atoms with Gasteiger partial charge in [0.2, 0.25) is 0 Å². The first-order valence-electron chi connectivity index (χ1n) is 5.78. The molecular weight excluding hydrogens is 254 g/mol. The van der Waals surface area contributed by atoms with Crippen LogP contribution in [-0.2, 0) is 4.74 Å². The van der Waals surface area contributed by atoms with Crippen molar-refractivity contribution < 1.29 is 14.6 Å². The Morgan fingerprint density at radius 1 is 1.56 bits per heavy atom. The average molecular weight is 273 g/mol. The van der Waals surface area contributed by atoms with Crippen LogP contribution >= 0.6 is 11.3 Å². The highest BCUT2D eigenvalue weighted by Crippen LogP contribution is 2.09. The molecule has 3 N–H and O–H groups in total. The number of aromatic nitrogens is 1. The monoisotopic (exact) mass is 273 g/mol. The molecule has 0 fully saturated rings. The molecule has 7 heteroatoms. The van der Waals surface area contributed by atoms with Crippen molar-refractivity contribution in [3.05, 3.63) is 11.6 Å². The molecule has 102 valence electrons. The molecule has 0 bridgehead atoms. The van der Waals surface area contributed by atoms with Gasteiger partial charge in [-0.1, -0.05) is 13.8 Å². The third-order valence-corrected chi connectivity index (χ3v) is 2.60. The number of nitrogens with one attached hydrogen (secondary N) is 2. The molecule has 0 saturated heterocycles. The number of urea groups is 1. The maximum atomic E-state index is 11.4. The van der Waals surface area contributed by atoms with Crippen molar-refractivity contribution in [3.8, 4) is 0 Å². The highest BCUT2D eigenvalue weighted by molar-refractivity contribution is 7.13. The molecule has 1 aromatic heterocycles. The Bertz CT molecular complexity index is 343. The molecule has 1 aromatic rings. The van der Waals surface area contributed by atoms with Gasteiger partial charge in [-0.2, -0.15) is 0 Å². The first-order valence-corrected chi connectivity index (χ1v) is 6.66. The minimum atomic E-state index is -0.703. The third-order valence-electron chi connectivity index (χ3n) is 1.91. The number of carbonyl (C=O) groups is 1. The minimum absolute atomic E-state index is 0.148. The van der Waals surface area contributed by atoms with Crippen LogP contribution in [0.3, 0.4) is 0 Å². The van der Waals surface area contributed by atoms with Crippen LogP contribution in [0.4, 0.5) is 9.93 Å². The molecule has 2 amide bonds. The number of carbonyl (C=O) groups excluding carboxylic acids is 1. The van der Waals surface area contributed by atoms with Gasteiger partial charge in [0.1, 0.15) is 0 Å². The van der Waals surface area contributed by atoms with E-state index in [1.807, 2.05) is 13.8 Å². The van der Waals surface area contributed by atoms with Gasteiger partial charge in [0.25, 0.3) is 0 Å². The average Bonchev–Trinajstić information content (AvgIpc) is 2.78. The number of nitrogens with zero attached hydrogens (tertiary/aromatic N) is 1. The summed E-state index contributed by atoms with van der Waals surface area (Å²) in [5, 5.41) is 17.0. The zero-order chi connectivity index (χ0) is 13.4. The predicted molar refractivity (Wildman–Crippen MR) is 70.8 cm³/mol. The van der Waals surface area contributed by atoms with Crippen LogP contribution in [0.25, 0.3) is 0 Å². The van der Waals surface area contributed by atoms with Crippen molar-refractivity contribution >= 4 is 22.5 Å². The van der Waals surface area contributed by atoms with Gasteiger partial charge in [0.05, 0.1) is 12.7 Å². The first-order chi connectivity index (χ1) is 8.58. The topological polar surface area (TPSA) is 83.5 Å². The van der Waals surface area contributed by atoms with Gasteiger partial charge >= 0.3 is 6.03 Å². The van der Waals surface area contributed by atoms with E-state index in [0.717, 1.165) is 0 Å². The summed E-state index contributed by atoms with van der Waals surface area (Å²) in [6.07, 6.45) is 0.903. The van der Waals surface area contributed by atoms with Crippen molar-refractivity contribution in [3.63, 3.8) is 0 Å². The zero-order valence-electron chi connectivity index (χ0n) is 10.5. The van der Waals surface area contributed by atoms with Gasteiger partial charge < -0.3 is 15.2 Å². The lowest BCUT2D eigenvalue weighted by Gasteiger charge is -2.13. The number of amides is 2. The van der Waals surface area contributed by atoms with E-state index < -0.39 is 6.10 Å². The largest absolute Gasteiger partial charge is 0.389 e. The minimum Gasteiger partial charge on any atom is -0.389 e. The lowest BCUT2D eigenvalue weighted by atomic mass is 10.2. The number of hydrogen-bond acceptors (Lipinski definition) is 5. The maximum absolute atomic E-state index is 11.4. The Labute approximate surface area is 110 Å². The fourth-order valence-electron chi connectivity index (χ4n) is 1.14. The summed E-state index contributed by atoms with van der Waals surface area (Å²) in [4.78, 5) is 15.3. The zero-order valence-corrected chi connectivity index (χ0v) is 11.4. The molecule has 0 spiro atoms. The number of rotatable bonds is 7. The number of hydrogen-bond donors (Lipinski definition) is 3. The number of aliphatic hydroxyl groups is 1. The Balaban J connectivity index is 2.10. The normalized spacial score (nSPS) is 12.4. The lowest BCUT2D eigenvalue weighted by Crippen LogP contribution is -2.37. The van der Waals surface area contributed by atoms with E-state index in [0.29, 0.717) is 17.7 Å². The van der Waals surface area contributed by atoms with Gasteiger partial charge in [-0.25, -0.2) is 9.78 Å². The van der Waals surface area contributed by atoms with Crippen molar-refractivity contribution in [1.82, 2.24) is 10.3 Å². The fraction of sp³-hybridized carbons (Fsp3) is 0.636. The summed E-state index contributed by atoms with van der Waals surface area (Å²) in [5.74, 6) is 0.429. The smallest absolute Gasteiger partial charge is 0.321 e. The van der Waals surface area contributed by atoms with E-state index in [1.165, 1.54) is 11.3 Å². The molecule has 1 unspecified atom stereocenters. The summed E-state index contributed by atoms with van der Waals surface area (Å²) in [6, 6.07) is -0.382. The quantitative estimate of drug-likeness (QED) is 0.699. The fourth-order valence-corrected chi connectivity index (χ4v) is 1.66. The molecule has 0 aliphatic heterocycles. The summed E-state index contributed by atoms with van der Waals surface area (Å²) in [5.41, 5.74) is 0. The van der Waals surface area contributed by atoms with Gasteiger partial charge in [-0.15, -0.1) is 11.3 Å². The molecule has 0 saturated carbocycles. The number of thiazole rings is 1. The molecule has 6 nitrogen and oxygen atoms in total.